The van der Waals surface area contributed by atoms with Gasteiger partial charge in [0.15, 0.2) is 0 Å². The Morgan fingerprint density at radius 2 is 2.18 bits per heavy atom. The molecule has 1 heterocycles. The van der Waals surface area contributed by atoms with E-state index < -0.39 is 0 Å². The monoisotopic (exact) mass is 327 g/mol. The number of para-hydroxylation sites is 2. The second-order valence-electron chi connectivity index (χ2n) is 5.64. The number of amides is 1. The lowest BCUT2D eigenvalue weighted by Gasteiger charge is -2.34. The van der Waals surface area contributed by atoms with Gasteiger partial charge in [0.2, 0.25) is 5.91 Å². The van der Waals surface area contributed by atoms with Crippen molar-refractivity contribution in [2.24, 2.45) is 11.7 Å². The summed E-state index contributed by atoms with van der Waals surface area (Å²) in [6.07, 6.45) is 0.948. The number of rotatable bonds is 5. The first kappa shape index (κ1) is 18.7. The Morgan fingerprint density at radius 1 is 1.45 bits per heavy atom. The van der Waals surface area contributed by atoms with Crippen molar-refractivity contribution < 1.29 is 9.53 Å². The number of likely N-dealkylation sites (tertiary alicyclic amines) is 1. The van der Waals surface area contributed by atoms with Crippen LogP contribution in [0.5, 0.6) is 5.75 Å². The third-order valence-corrected chi connectivity index (χ3v) is 3.88. The molecule has 1 amide bonds. The van der Waals surface area contributed by atoms with Crippen LogP contribution in [-0.2, 0) is 4.79 Å². The molecule has 0 aliphatic carbocycles. The summed E-state index contributed by atoms with van der Waals surface area (Å²) < 4.78 is 5.51. The van der Waals surface area contributed by atoms with Crippen molar-refractivity contribution >= 4 is 24.0 Å². The summed E-state index contributed by atoms with van der Waals surface area (Å²) in [6.45, 7) is 6.80. The molecule has 6 heteroatoms. The molecule has 0 saturated carbocycles. The second-order valence-corrected chi connectivity index (χ2v) is 5.64. The average molecular weight is 328 g/mol. The maximum atomic E-state index is 12.2. The quantitative estimate of drug-likeness (QED) is 0.869. The number of hydrogen-bond acceptors (Lipinski definition) is 4. The van der Waals surface area contributed by atoms with Crippen LogP contribution in [0.1, 0.15) is 20.3 Å². The zero-order valence-electron chi connectivity index (χ0n) is 13.2. The summed E-state index contributed by atoms with van der Waals surface area (Å²) >= 11 is 0. The minimum Gasteiger partial charge on any atom is -0.492 e. The van der Waals surface area contributed by atoms with Gasteiger partial charge in [-0.05, 0) is 31.4 Å². The highest BCUT2D eigenvalue weighted by molar-refractivity contribution is 5.93. The molecule has 5 nitrogen and oxygen atoms in total. The van der Waals surface area contributed by atoms with Crippen molar-refractivity contribution in [3.63, 3.8) is 0 Å². The largest absolute Gasteiger partial charge is 0.492 e. The fourth-order valence-corrected chi connectivity index (χ4v) is 2.64. The normalized spacial score (nSPS) is 21.8. The van der Waals surface area contributed by atoms with Gasteiger partial charge >= 0.3 is 0 Å². The van der Waals surface area contributed by atoms with Crippen LogP contribution in [0.4, 0.5) is 5.69 Å². The zero-order chi connectivity index (χ0) is 15.2. The van der Waals surface area contributed by atoms with Crippen molar-refractivity contribution in [2.45, 2.75) is 26.3 Å². The minimum atomic E-state index is -0.00942. The molecule has 1 saturated heterocycles. The Morgan fingerprint density at radius 3 is 2.86 bits per heavy atom. The molecule has 1 aliphatic heterocycles. The molecule has 124 valence electrons. The van der Waals surface area contributed by atoms with Crippen LogP contribution in [0, 0.1) is 5.92 Å². The summed E-state index contributed by atoms with van der Waals surface area (Å²) in [5, 5.41) is 2.93. The molecule has 1 fully saturated rings. The lowest BCUT2D eigenvalue weighted by atomic mass is 9.95. The van der Waals surface area contributed by atoms with Gasteiger partial charge in [-0.3, -0.25) is 9.69 Å². The average Bonchev–Trinajstić information content (AvgIpc) is 2.45. The van der Waals surface area contributed by atoms with E-state index in [1.165, 1.54) is 0 Å². The fourth-order valence-electron chi connectivity index (χ4n) is 2.64. The van der Waals surface area contributed by atoms with Crippen molar-refractivity contribution in [2.75, 3.05) is 31.6 Å². The van der Waals surface area contributed by atoms with Gasteiger partial charge in [-0.1, -0.05) is 19.1 Å². The highest BCUT2D eigenvalue weighted by atomic mass is 35.5. The summed E-state index contributed by atoms with van der Waals surface area (Å²) in [5.74, 6) is 1.13. The molecule has 22 heavy (non-hydrogen) atoms. The predicted molar refractivity (Wildman–Crippen MR) is 91.7 cm³/mol. The number of carbonyl (C=O) groups is 1. The molecular formula is C16H26ClN3O2. The van der Waals surface area contributed by atoms with Gasteiger partial charge in [-0.2, -0.15) is 0 Å². The number of nitrogens with one attached hydrogen (secondary N) is 1. The molecule has 0 radical (unpaired) electrons. The number of nitrogens with zero attached hydrogens (tertiary/aromatic N) is 1. The third-order valence-electron chi connectivity index (χ3n) is 3.88. The maximum Gasteiger partial charge on any atom is 0.238 e. The molecule has 2 unspecified atom stereocenters. The second kappa shape index (κ2) is 8.98. The highest BCUT2D eigenvalue weighted by Crippen LogP contribution is 2.23. The Bertz CT molecular complexity index is 484. The fraction of sp³-hybridized carbons (Fsp3) is 0.562. The van der Waals surface area contributed by atoms with E-state index in [2.05, 4.69) is 17.1 Å². The Labute approximate surface area is 138 Å². The number of carbonyl (C=O) groups excluding carboxylic acids is 1. The highest BCUT2D eigenvalue weighted by Gasteiger charge is 2.24. The molecule has 2 atom stereocenters. The molecule has 3 N–H and O–H groups in total. The number of anilines is 1. The number of hydrogen-bond donors (Lipinski definition) is 2. The van der Waals surface area contributed by atoms with Crippen LogP contribution in [0.25, 0.3) is 0 Å². The maximum absolute atomic E-state index is 12.2. The SMILES string of the molecule is CCOc1ccccc1NC(=O)CN1CCC(N)C(C)C1.Cl. The van der Waals surface area contributed by atoms with E-state index in [0.717, 1.165) is 25.2 Å². The first-order valence-electron chi connectivity index (χ1n) is 7.59. The van der Waals surface area contributed by atoms with Crippen LogP contribution in [0.3, 0.4) is 0 Å². The number of ether oxygens (including phenoxy) is 1. The zero-order valence-corrected chi connectivity index (χ0v) is 14.1. The van der Waals surface area contributed by atoms with Crippen LogP contribution in [0.2, 0.25) is 0 Å². The molecule has 2 rings (SSSR count). The van der Waals surface area contributed by atoms with Crippen LogP contribution in [0.15, 0.2) is 24.3 Å². The van der Waals surface area contributed by atoms with Crippen LogP contribution < -0.4 is 15.8 Å². The van der Waals surface area contributed by atoms with Gasteiger partial charge in [-0.15, -0.1) is 12.4 Å². The summed E-state index contributed by atoms with van der Waals surface area (Å²) in [4.78, 5) is 14.3. The molecule has 1 aromatic rings. The topological polar surface area (TPSA) is 67.6 Å². The first-order valence-corrected chi connectivity index (χ1v) is 7.59. The van der Waals surface area contributed by atoms with Gasteiger partial charge in [0.05, 0.1) is 18.8 Å². The van der Waals surface area contributed by atoms with Crippen molar-refractivity contribution in [1.29, 1.82) is 0 Å². The molecule has 1 aromatic carbocycles. The van der Waals surface area contributed by atoms with E-state index >= 15 is 0 Å². The number of piperidine rings is 1. The van der Waals surface area contributed by atoms with Gasteiger partial charge in [0.1, 0.15) is 5.75 Å². The lowest BCUT2D eigenvalue weighted by Crippen LogP contribution is -2.48. The molecule has 0 aromatic heterocycles. The smallest absolute Gasteiger partial charge is 0.238 e. The standard InChI is InChI=1S/C16H25N3O2.ClH/c1-3-21-15-7-5-4-6-14(15)18-16(20)11-19-9-8-13(17)12(2)10-19;/h4-7,12-13H,3,8-11,17H2,1-2H3,(H,18,20);1H. The van der Waals surface area contributed by atoms with E-state index in [1.54, 1.807) is 0 Å². The van der Waals surface area contributed by atoms with Crippen molar-refractivity contribution in [3.8, 4) is 5.75 Å². The Kier molecular flexibility index (Phi) is 7.65. The van der Waals surface area contributed by atoms with Crippen LogP contribution >= 0.6 is 12.4 Å². The van der Waals surface area contributed by atoms with Gasteiger partial charge < -0.3 is 15.8 Å². The third kappa shape index (κ3) is 5.16. The molecule has 1 aliphatic rings. The van der Waals surface area contributed by atoms with E-state index in [4.69, 9.17) is 10.5 Å². The van der Waals surface area contributed by atoms with Gasteiger partial charge in [0, 0.05) is 19.1 Å². The van der Waals surface area contributed by atoms with Crippen LogP contribution in [-0.4, -0.2) is 43.1 Å². The molecular weight excluding hydrogens is 302 g/mol. The van der Waals surface area contributed by atoms with Crippen molar-refractivity contribution in [1.82, 2.24) is 4.90 Å². The van der Waals surface area contributed by atoms with E-state index in [0.29, 0.717) is 24.8 Å². The number of halogens is 1. The summed E-state index contributed by atoms with van der Waals surface area (Å²) in [7, 11) is 0. The van der Waals surface area contributed by atoms with Gasteiger partial charge in [0.25, 0.3) is 0 Å². The van der Waals surface area contributed by atoms with E-state index in [-0.39, 0.29) is 24.4 Å². The van der Waals surface area contributed by atoms with E-state index in [1.807, 2.05) is 31.2 Å². The molecule has 0 bridgehead atoms. The Hall–Kier alpha value is -1.30. The predicted octanol–water partition coefficient (Wildman–Crippen LogP) is 2.11. The summed E-state index contributed by atoms with van der Waals surface area (Å²) in [5.41, 5.74) is 6.73. The Balaban J connectivity index is 0.00000242. The van der Waals surface area contributed by atoms with Gasteiger partial charge in [-0.25, -0.2) is 0 Å². The minimum absolute atomic E-state index is 0. The summed E-state index contributed by atoms with van der Waals surface area (Å²) in [6, 6.07) is 7.76. The lowest BCUT2D eigenvalue weighted by molar-refractivity contribution is -0.117. The number of nitrogens with two attached hydrogens (primary N) is 1. The van der Waals surface area contributed by atoms with E-state index in [9.17, 15) is 4.79 Å². The van der Waals surface area contributed by atoms with Crippen molar-refractivity contribution in [3.05, 3.63) is 24.3 Å². The first-order chi connectivity index (χ1) is 10.1. The number of benzene rings is 1. The molecule has 0 spiro atoms.